The summed E-state index contributed by atoms with van der Waals surface area (Å²) in [6.45, 7) is 2.42. The van der Waals surface area contributed by atoms with Gasteiger partial charge in [0.15, 0.2) is 11.6 Å². The molecule has 4 N–H and O–H groups in total. The lowest BCUT2D eigenvalue weighted by atomic mass is 9.87. The van der Waals surface area contributed by atoms with Crippen LogP contribution in [0.25, 0.3) is 17.1 Å². The Morgan fingerprint density at radius 2 is 2.17 bits per heavy atom. The lowest BCUT2D eigenvalue weighted by molar-refractivity contribution is -0.132. The number of anilines is 1. The molecule has 1 aromatic carbocycles. The minimum Gasteiger partial charge on any atom is -0.396 e. The Hall–Kier alpha value is -2.93. The van der Waals surface area contributed by atoms with Gasteiger partial charge in [0.2, 0.25) is 10.0 Å². The summed E-state index contributed by atoms with van der Waals surface area (Å²) < 4.78 is 34.7. The molecule has 0 unspecified atom stereocenters. The predicted molar refractivity (Wildman–Crippen MR) is 107 cm³/mol. The first-order chi connectivity index (χ1) is 14.3. The second-order valence-corrected chi connectivity index (χ2v) is 9.02. The Kier molecular flexibility index (Phi) is 5.24. The number of nitrogens with two attached hydrogens (primary N) is 1. The van der Waals surface area contributed by atoms with Crippen molar-refractivity contribution in [3.05, 3.63) is 42.6 Å². The average Bonchev–Trinajstić information content (AvgIpc) is 3.23. The second-order valence-electron chi connectivity index (χ2n) is 7.26. The molecule has 0 bridgehead atoms. The molecule has 2 aromatic heterocycles. The topological polar surface area (TPSA) is 158 Å². The van der Waals surface area contributed by atoms with Crippen LogP contribution in [0.1, 0.15) is 5.56 Å². The van der Waals surface area contributed by atoms with E-state index in [0.29, 0.717) is 30.3 Å². The van der Waals surface area contributed by atoms with Gasteiger partial charge in [-0.05, 0) is 24.6 Å². The van der Waals surface area contributed by atoms with Crippen LogP contribution in [0.15, 0.2) is 41.9 Å². The molecule has 1 aliphatic heterocycles. The largest absolute Gasteiger partial charge is 0.396 e. The van der Waals surface area contributed by atoms with Crippen molar-refractivity contribution in [3.8, 4) is 17.1 Å². The smallest absolute Gasteiger partial charge is 0.240 e. The van der Waals surface area contributed by atoms with Gasteiger partial charge in [0.1, 0.15) is 12.7 Å². The SMILES string of the molecule is Cc1ccc(S(=O)(=O)NCC2(CO)COC2)cc1-c1cnc(N)c(-n2cncn2)n1. The predicted octanol–water partition coefficient (Wildman–Crippen LogP) is -0.0979. The minimum absolute atomic E-state index is 0.0809. The van der Waals surface area contributed by atoms with E-state index >= 15 is 0 Å². The molecule has 0 saturated carbocycles. The highest BCUT2D eigenvalue weighted by Gasteiger charge is 2.39. The number of aryl methyl sites for hydroxylation is 1. The van der Waals surface area contributed by atoms with E-state index in [1.165, 1.54) is 35.7 Å². The molecule has 0 spiro atoms. The molecular weight excluding hydrogens is 410 g/mol. The van der Waals surface area contributed by atoms with Gasteiger partial charge in [-0.15, -0.1) is 0 Å². The van der Waals surface area contributed by atoms with Crippen LogP contribution in [0.4, 0.5) is 5.82 Å². The standard InChI is InChI=1S/C18H21N7O4S/c1-12-2-3-13(30(27,28)23-6-18(7-26)8-29-9-18)4-14(12)15-5-21-16(19)17(24-15)25-11-20-10-22-25/h2-5,10-11,23,26H,6-9H2,1H3,(H2,19,21). The molecule has 3 aromatic rings. The Bertz CT molecular complexity index is 1160. The highest BCUT2D eigenvalue weighted by molar-refractivity contribution is 7.89. The van der Waals surface area contributed by atoms with Crippen molar-refractivity contribution in [1.29, 1.82) is 0 Å². The number of hydrogen-bond donors (Lipinski definition) is 3. The van der Waals surface area contributed by atoms with Gasteiger partial charge < -0.3 is 15.6 Å². The fourth-order valence-corrected chi connectivity index (χ4v) is 4.20. The maximum Gasteiger partial charge on any atom is 0.240 e. The molecule has 1 aliphatic rings. The molecule has 158 valence electrons. The van der Waals surface area contributed by atoms with Gasteiger partial charge in [-0.3, -0.25) is 0 Å². The zero-order chi connectivity index (χ0) is 21.4. The number of nitrogens with one attached hydrogen (secondary N) is 1. The fraction of sp³-hybridized carbons (Fsp3) is 0.333. The molecule has 3 heterocycles. The van der Waals surface area contributed by atoms with Crippen LogP contribution in [0.2, 0.25) is 0 Å². The van der Waals surface area contributed by atoms with Crippen LogP contribution in [0.3, 0.4) is 0 Å². The van der Waals surface area contributed by atoms with E-state index in [0.717, 1.165) is 5.56 Å². The first kappa shape index (κ1) is 20.3. The van der Waals surface area contributed by atoms with Crippen molar-refractivity contribution in [3.63, 3.8) is 0 Å². The Balaban J connectivity index is 1.66. The van der Waals surface area contributed by atoms with Crippen molar-refractivity contribution in [2.24, 2.45) is 5.41 Å². The summed E-state index contributed by atoms with van der Waals surface area (Å²) in [4.78, 5) is 12.6. The zero-order valence-corrected chi connectivity index (χ0v) is 17.0. The number of nitrogen functional groups attached to an aromatic ring is 1. The maximum atomic E-state index is 12.8. The molecule has 0 aliphatic carbocycles. The van der Waals surface area contributed by atoms with Gasteiger partial charge in [-0.1, -0.05) is 6.07 Å². The van der Waals surface area contributed by atoms with E-state index in [9.17, 15) is 13.5 Å². The highest BCUT2D eigenvalue weighted by atomic mass is 32.2. The summed E-state index contributed by atoms with van der Waals surface area (Å²) in [6, 6.07) is 4.75. The number of aromatic nitrogens is 5. The van der Waals surface area contributed by atoms with Crippen LogP contribution in [0.5, 0.6) is 0 Å². The molecule has 4 rings (SSSR count). The number of aliphatic hydroxyl groups excluding tert-OH is 1. The molecule has 1 fully saturated rings. The third-order valence-electron chi connectivity index (χ3n) is 5.00. The minimum atomic E-state index is -3.81. The Morgan fingerprint density at radius 1 is 1.37 bits per heavy atom. The van der Waals surface area contributed by atoms with Crippen molar-refractivity contribution in [2.75, 3.05) is 32.1 Å². The third kappa shape index (κ3) is 3.77. The maximum absolute atomic E-state index is 12.8. The number of aliphatic hydroxyl groups is 1. The molecule has 11 nitrogen and oxygen atoms in total. The quantitative estimate of drug-likeness (QED) is 0.464. The first-order valence-electron chi connectivity index (χ1n) is 9.10. The number of ether oxygens (including phenoxy) is 1. The molecule has 30 heavy (non-hydrogen) atoms. The van der Waals surface area contributed by atoms with E-state index in [-0.39, 0.29) is 23.9 Å². The van der Waals surface area contributed by atoms with Crippen LogP contribution in [-0.4, -0.2) is 64.6 Å². The van der Waals surface area contributed by atoms with Crippen molar-refractivity contribution in [2.45, 2.75) is 11.8 Å². The van der Waals surface area contributed by atoms with E-state index in [1.807, 2.05) is 6.92 Å². The summed E-state index contributed by atoms with van der Waals surface area (Å²) >= 11 is 0. The van der Waals surface area contributed by atoms with Gasteiger partial charge >= 0.3 is 0 Å². The lowest BCUT2D eigenvalue weighted by Crippen LogP contribution is -2.53. The number of hydrogen-bond acceptors (Lipinski definition) is 9. The summed E-state index contributed by atoms with van der Waals surface area (Å²) in [5, 5.41) is 13.5. The Morgan fingerprint density at radius 3 is 2.80 bits per heavy atom. The number of benzene rings is 1. The molecule has 1 saturated heterocycles. The normalized spacial score (nSPS) is 15.7. The van der Waals surface area contributed by atoms with Gasteiger partial charge in [0.25, 0.3) is 0 Å². The van der Waals surface area contributed by atoms with E-state index in [2.05, 4.69) is 24.8 Å². The Labute approximate surface area is 173 Å². The monoisotopic (exact) mass is 431 g/mol. The van der Waals surface area contributed by atoms with Gasteiger partial charge in [-0.2, -0.15) is 9.78 Å². The second kappa shape index (κ2) is 7.72. The summed E-state index contributed by atoms with van der Waals surface area (Å²) in [5.41, 5.74) is 7.19. The summed E-state index contributed by atoms with van der Waals surface area (Å²) in [7, 11) is -3.81. The van der Waals surface area contributed by atoms with E-state index in [4.69, 9.17) is 10.5 Å². The molecule has 0 atom stereocenters. The molecular formula is C18H21N7O4S. The zero-order valence-electron chi connectivity index (χ0n) is 16.2. The van der Waals surface area contributed by atoms with Crippen molar-refractivity contribution in [1.82, 2.24) is 29.5 Å². The molecule has 0 radical (unpaired) electrons. The highest BCUT2D eigenvalue weighted by Crippen LogP contribution is 2.28. The van der Waals surface area contributed by atoms with E-state index in [1.54, 1.807) is 6.07 Å². The fourth-order valence-electron chi connectivity index (χ4n) is 3.02. The van der Waals surface area contributed by atoms with Gasteiger partial charge in [0, 0.05) is 12.1 Å². The number of rotatable bonds is 7. The van der Waals surface area contributed by atoms with Crippen LogP contribution in [0, 0.1) is 12.3 Å². The van der Waals surface area contributed by atoms with Gasteiger partial charge in [-0.25, -0.2) is 28.1 Å². The van der Waals surface area contributed by atoms with E-state index < -0.39 is 15.4 Å². The van der Waals surface area contributed by atoms with Crippen molar-refractivity contribution >= 4 is 15.8 Å². The van der Waals surface area contributed by atoms with Crippen LogP contribution >= 0.6 is 0 Å². The number of nitrogens with zero attached hydrogens (tertiary/aromatic N) is 5. The van der Waals surface area contributed by atoms with Crippen LogP contribution in [-0.2, 0) is 14.8 Å². The summed E-state index contributed by atoms with van der Waals surface area (Å²) in [6.07, 6.45) is 4.28. The third-order valence-corrected chi connectivity index (χ3v) is 6.40. The first-order valence-corrected chi connectivity index (χ1v) is 10.6. The van der Waals surface area contributed by atoms with Crippen molar-refractivity contribution < 1.29 is 18.3 Å². The number of sulfonamides is 1. The molecule has 0 amide bonds. The summed E-state index contributed by atoms with van der Waals surface area (Å²) in [5.74, 6) is 0.468. The van der Waals surface area contributed by atoms with Gasteiger partial charge in [0.05, 0.1) is 42.0 Å². The lowest BCUT2D eigenvalue weighted by Gasteiger charge is -2.39. The van der Waals surface area contributed by atoms with Crippen LogP contribution < -0.4 is 10.5 Å². The average molecular weight is 431 g/mol. The molecule has 12 heteroatoms.